The topological polar surface area (TPSA) is 64.5 Å². The van der Waals surface area contributed by atoms with E-state index in [4.69, 9.17) is 19.9 Å². The number of nitrogens with zero attached hydrogens (tertiary/aromatic N) is 5. The summed E-state index contributed by atoms with van der Waals surface area (Å²) in [7, 11) is 0. The van der Waals surface area contributed by atoms with Crippen molar-refractivity contribution in [3.05, 3.63) is 151 Å². The number of aryl methyl sites for hydroxylation is 1. The van der Waals surface area contributed by atoms with E-state index in [0.29, 0.717) is 5.82 Å². The van der Waals surface area contributed by atoms with Gasteiger partial charge in [-0.2, -0.15) is 0 Å². The molecule has 0 atom stereocenters. The molecule has 1 aliphatic carbocycles. The van der Waals surface area contributed by atoms with Gasteiger partial charge in [-0.25, -0.2) is 15.0 Å². The first-order valence-electron chi connectivity index (χ1n) is 15.2. The summed E-state index contributed by atoms with van der Waals surface area (Å²) in [4.78, 5) is 24.9. The Morgan fingerprint density at radius 3 is 2.04 bits per heavy atom. The zero-order valence-corrected chi connectivity index (χ0v) is 24.9. The van der Waals surface area contributed by atoms with Gasteiger partial charge in [0.05, 0.1) is 33.8 Å². The van der Waals surface area contributed by atoms with Crippen LogP contribution in [0.4, 0.5) is 0 Å². The molecule has 4 aromatic heterocycles. The van der Waals surface area contributed by atoms with E-state index in [1.807, 2.05) is 55.5 Å². The highest BCUT2D eigenvalue weighted by Crippen LogP contribution is 2.38. The van der Waals surface area contributed by atoms with E-state index in [2.05, 4.69) is 83.9 Å². The van der Waals surface area contributed by atoms with E-state index < -0.39 is 0 Å². The lowest BCUT2D eigenvalue weighted by atomic mass is 9.89. The molecule has 0 aliphatic heterocycles. The minimum Gasteiger partial charge on any atom is -0.255 e. The largest absolute Gasteiger partial charge is 0.255 e. The van der Waals surface area contributed by atoms with Crippen molar-refractivity contribution in [2.75, 3.05) is 0 Å². The van der Waals surface area contributed by atoms with Gasteiger partial charge >= 0.3 is 0 Å². The van der Waals surface area contributed by atoms with Crippen molar-refractivity contribution in [1.29, 1.82) is 0 Å². The Morgan fingerprint density at radius 1 is 0.578 bits per heavy atom. The van der Waals surface area contributed by atoms with E-state index in [1.54, 1.807) is 6.20 Å². The quantitative estimate of drug-likeness (QED) is 0.190. The molecular weight excluding hydrogens is 550 g/mol. The summed E-state index contributed by atoms with van der Waals surface area (Å²) < 4.78 is 0. The zero-order valence-electron chi connectivity index (χ0n) is 24.9. The second kappa shape index (κ2) is 11.4. The average molecular weight is 580 g/mol. The molecular formula is C40H29N5. The van der Waals surface area contributed by atoms with Crippen LogP contribution in [0.3, 0.4) is 0 Å². The van der Waals surface area contributed by atoms with Gasteiger partial charge in [0, 0.05) is 39.4 Å². The summed E-state index contributed by atoms with van der Waals surface area (Å²) in [5.74, 6) is 0.693. The van der Waals surface area contributed by atoms with E-state index in [9.17, 15) is 0 Å². The molecule has 8 rings (SSSR count). The maximum Gasteiger partial charge on any atom is 0.160 e. The predicted octanol–water partition coefficient (Wildman–Crippen LogP) is 9.54. The standard InChI is InChI=1S/C40H29N5/c1-26-18-19-29-20-21-32-33(24-35(27-11-4-2-5-12-27)43-39(32)38(29)42-26)30-15-10-16-31(23-30)40-44-36(28-13-6-3-7-14-28)25-37(45-40)34-17-8-9-22-41-34/h2-9,11-14,16-25H,10,15H2,1H3. The van der Waals surface area contributed by atoms with Crippen LogP contribution in [0.2, 0.25) is 0 Å². The van der Waals surface area contributed by atoms with Crippen LogP contribution < -0.4 is 0 Å². The third-order valence-electron chi connectivity index (χ3n) is 8.28. The normalized spacial score (nSPS) is 13.1. The van der Waals surface area contributed by atoms with Crippen LogP contribution in [-0.4, -0.2) is 24.9 Å². The molecule has 214 valence electrons. The number of benzene rings is 3. The molecule has 5 nitrogen and oxygen atoms in total. The SMILES string of the molecule is Cc1ccc2ccc3c(C4=CC(c5nc(-c6ccccc6)cc(-c6ccccn6)n5)=CCC4)cc(-c4ccccc4)nc3c2n1. The highest BCUT2D eigenvalue weighted by atomic mass is 14.9. The van der Waals surface area contributed by atoms with Crippen LogP contribution in [0, 0.1) is 6.92 Å². The second-order valence-corrected chi connectivity index (χ2v) is 11.3. The fourth-order valence-electron chi connectivity index (χ4n) is 6.04. The molecule has 3 aromatic carbocycles. The Kier molecular flexibility index (Phi) is 6.76. The third-order valence-corrected chi connectivity index (χ3v) is 8.28. The fourth-order valence-corrected chi connectivity index (χ4v) is 6.04. The van der Waals surface area contributed by atoms with Crippen molar-refractivity contribution >= 4 is 33.0 Å². The van der Waals surface area contributed by atoms with Crippen molar-refractivity contribution in [3.8, 4) is 33.9 Å². The van der Waals surface area contributed by atoms with Crippen LogP contribution in [0.5, 0.6) is 0 Å². The van der Waals surface area contributed by atoms with Crippen molar-refractivity contribution in [1.82, 2.24) is 24.9 Å². The van der Waals surface area contributed by atoms with Gasteiger partial charge in [0.2, 0.25) is 0 Å². The second-order valence-electron chi connectivity index (χ2n) is 11.3. The van der Waals surface area contributed by atoms with Gasteiger partial charge in [-0.1, -0.05) is 91.0 Å². The summed E-state index contributed by atoms with van der Waals surface area (Å²) in [6.45, 7) is 2.03. The maximum absolute atomic E-state index is 5.20. The third kappa shape index (κ3) is 5.19. The summed E-state index contributed by atoms with van der Waals surface area (Å²) in [6, 6.07) is 39.3. The molecule has 7 aromatic rings. The number of pyridine rings is 3. The fraction of sp³-hybridized carbons (Fsp3) is 0.0750. The average Bonchev–Trinajstić information content (AvgIpc) is 3.12. The first-order valence-corrected chi connectivity index (χ1v) is 15.2. The van der Waals surface area contributed by atoms with Gasteiger partial charge in [0.25, 0.3) is 0 Å². The van der Waals surface area contributed by atoms with Crippen LogP contribution in [0.25, 0.3) is 66.9 Å². The molecule has 0 fully saturated rings. The van der Waals surface area contributed by atoms with Gasteiger partial charge in [0.15, 0.2) is 5.82 Å². The van der Waals surface area contributed by atoms with Crippen molar-refractivity contribution in [2.24, 2.45) is 0 Å². The Bertz CT molecular complexity index is 2200. The molecule has 0 saturated heterocycles. The Balaban J connectivity index is 1.32. The van der Waals surface area contributed by atoms with Crippen molar-refractivity contribution in [3.63, 3.8) is 0 Å². The number of hydrogen-bond donors (Lipinski definition) is 0. The summed E-state index contributed by atoms with van der Waals surface area (Å²) in [6.07, 6.45) is 8.09. The molecule has 1 aliphatic rings. The van der Waals surface area contributed by atoms with Crippen LogP contribution >= 0.6 is 0 Å². The first kappa shape index (κ1) is 26.8. The number of fused-ring (bicyclic) bond motifs is 3. The molecule has 0 amide bonds. The molecule has 4 heterocycles. The van der Waals surface area contributed by atoms with Crippen LogP contribution in [0.1, 0.15) is 29.9 Å². The van der Waals surface area contributed by atoms with E-state index in [0.717, 1.165) is 79.8 Å². The van der Waals surface area contributed by atoms with Gasteiger partial charge in [-0.15, -0.1) is 0 Å². The van der Waals surface area contributed by atoms with Gasteiger partial charge in [-0.05, 0) is 67.3 Å². The number of rotatable bonds is 5. The maximum atomic E-state index is 5.20. The van der Waals surface area contributed by atoms with Gasteiger partial charge < -0.3 is 0 Å². The smallest absolute Gasteiger partial charge is 0.160 e. The van der Waals surface area contributed by atoms with Gasteiger partial charge in [-0.3, -0.25) is 9.97 Å². The van der Waals surface area contributed by atoms with E-state index >= 15 is 0 Å². The summed E-state index contributed by atoms with van der Waals surface area (Å²) in [5.41, 5.74) is 11.8. The van der Waals surface area contributed by atoms with Crippen molar-refractivity contribution in [2.45, 2.75) is 19.8 Å². The van der Waals surface area contributed by atoms with Crippen LogP contribution in [-0.2, 0) is 0 Å². The molecule has 45 heavy (non-hydrogen) atoms. The lowest BCUT2D eigenvalue weighted by Gasteiger charge is -2.18. The Morgan fingerprint density at radius 2 is 1.29 bits per heavy atom. The van der Waals surface area contributed by atoms with Gasteiger partial charge in [0.1, 0.15) is 0 Å². The minimum atomic E-state index is 0.693. The number of aromatic nitrogens is 5. The van der Waals surface area contributed by atoms with E-state index in [-0.39, 0.29) is 0 Å². The Hall–Kier alpha value is -5.81. The predicted molar refractivity (Wildman–Crippen MR) is 183 cm³/mol. The van der Waals surface area contributed by atoms with Crippen molar-refractivity contribution < 1.29 is 0 Å². The molecule has 0 N–H and O–H groups in total. The molecule has 5 heteroatoms. The molecule has 0 bridgehead atoms. The highest BCUT2D eigenvalue weighted by molar-refractivity contribution is 6.08. The lowest BCUT2D eigenvalue weighted by molar-refractivity contribution is 1.04. The molecule has 0 radical (unpaired) electrons. The monoisotopic (exact) mass is 579 g/mol. The zero-order chi connectivity index (χ0) is 30.2. The highest BCUT2D eigenvalue weighted by Gasteiger charge is 2.19. The molecule has 0 spiro atoms. The molecule has 0 saturated carbocycles. The number of hydrogen-bond acceptors (Lipinski definition) is 5. The summed E-state index contributed by atoms with van der Waals surface area (Å²) >= 11 is 0. The van der Waals surface area contributed by atoms with E-state index in [1.165, 1.54) is 11.1 Å². The summed E-state index contributed by atoms with van der Waals surface area (Å²) in [5, 5.41) is 2.18. The lowest BCUT2D eigenvalue weighted by Crippen LogP contribution is -2.02. The minimum absolute atomic E-state index is 0.693. The molecule has 0 unspecified atom stereocenters. The first-order chi connectivity index (χ1) is 22.2. The Labute approximate surface area is 261 Å². The number of allylic oxidation sites excluding steroid dienone is 4. The van der Waals surface area contributed by atoms with Crippen LogP contribution in [0.15, 0.2) is 134 Å².